The van der Waals surface area contributed by atoms with Crippen LogP contribution in [0.1, 0.15) is 24.4 Å². The maximum Gasteiger partial charge on any atom is 0.351 e. The number of nitrogens with zero attached hydrogens (tertiary/aromatic N) is 3. The lowest BCUT2D eigenvalue weighted by Gasteiger charge is -2.32. The molecule has 18 nitrogen and oxygen atoms in total. The molecule has 39 heavy (non-hydrogen) atoms. The van der Waals surface area contributed by atoms with Crippen molar-refractivity contribution in [3.63, 3.8) is 0 Å². The normalized spacial score (nSPS) is 33.2. The Bertz CT molecular complexity index is 1450. The zero-order valence-corrected chi connectivity index (χ0v) is 21.7. The van der Waals surface area contributed by atoms with Crippen molar-refractivity contribution in [2.45, 2.75) is 62.3 Å². The van der Waals surface area contributed by atoms with Gasteiger partial charge in [-0.05, 0) is 24.8 Å². The molecular weight excluding hydrogens is 569 g/mol. The Labute approximate surface area is 222 Å². The van der Waals surface area contributed by atoms with Crippen molar-refractivity contribution >= 4 is 24.3 Å². The summed E-state index contributed by atoms with van der Waals surface area (Å²) in [6.07, 6.45) is -10.4. The minimum absolute atomic E-state index is 0.0723. The Kier molecular flexibility index (Phi) is 8.26. The number of H-pyrrole nitrogens is 1. The van der Waals surface area contributed by atoms with Crippen molar-refractivity contribution in [3.8, 4) is 0 Å². The van der Waals surface area contributed by atoms with Crippen molar-refractivity contribution in [1.82, 2.24) is 19.1 Å². The van der Waals surface area contributed by atoms with E-state index >= 15 is 0 Å². The lowest BCUT2D eigenvalue weighted by Crippen LogP contribution is -2.43. The molecule has 0 bridgehead atoms. The molecule has 216 valence electrons. The topological polar surface area (TPSA) is 274 Å². The van der Waals surface area contributed by atoms with Gasteiger partial charge in [0.05, 0.1) is 13.0 Å². The molecule has 20 heteroatoms. The fraction of sp³-hybridized carbons (Fsp3) is 0.579. The van der Waals surface area contributed by atoms with Crippen LogP contribution in [0.25, 0.3) is 0 Å². The van der Waals surface area contributed by atoms with Crippen LogP contribution in [0.4, 0.5) is 5.82 Å². The van der Waals surface area contributed by atoms with Gasteiger partial charge in [-0.25, -0.2) is 9.59 Å². The Hall–Kier alpha value is -2.39. The number of aromatic amines is 1. The number of aliphatic hydroxyl groups is 5. The Morgan fingerprint density at radius 2 is 2.00 bits per heavy atom. The molecule has 2 aromatic heterocycles. The molecule has 2 aliphatic heterocycles. The smallest absolute Gasteiger partial charge is 0.351 e. The molecule has 0 aromatic carbocycles. The first kappa shape index (κ1) is 29.6. The number of nitrogens with two attached hydrogens (primary N) is 1. The van der Waals surface area contributed by atoms with Gasteiger partial charge < -0.3 is 45.6 Å². The number of hydrogen-bond donors (Lipinski definition) is 8. The van der Waals surface area contributed by atoms with Crippen LogP contribution in [0.3, 0.4) is 0 Å². The zero-order chi connectivity index (χ0) is 28.9. The standard InChI is InChI=1S/C19H26N5O13PS/c1-7-5-24(18(31)22-14(7)28)15-12(27)11(26)13(35-15)16(29)36-38(33,39)37-19(32)4-10(34-8(19)6-25)23-3-2-9(20)21-17(23)30/h2-3,5,8,10-13,15-16,25-27,29,32H,4,6H2,1H3,(H,33,39)(H2,20,21,30)(H,22,28,31)/t8-,10-,11?,12?,13+,15-,16?,19?,38?/m1/s1. The summed E-state index contributed by atoms with van der Waals surface area (Å²) in [7, 11) is 0. The fourth-order valence-electron chi connectivity index (χ4n) is 4.16. The Balaban J connectivity index is 1.49. The molecule has 2 aromatic rings. The van der Waals surface area contributed by atoms with Gasteiger partial charge in [0.15, 0.2) is 12.5 Å². The third-order valence-corrected chi connectivity index (χ3v) is 7.62. The highest BCUT2D eigenvalue weighted by Gasteiger charge is 2.54. The number of ether oxygens (including phenoxy) is 2. The average molecular weight is 595 g/mol. The van der Waals surface area contributed by atoms with Crippen LogP contribution in [0.5, 0.6) is 0 Å². The predicted molar refractivity (Wildman–Crippen MR) is 130 cm³/mol. The molecule has 0 amide bonds. The van der Waals surface area contributed by atoms with E-state index in [4.69, 9.17) is 36.1 Å². The van der Waals surface area contributed by atoms with Crippen LogP contribution in [-0.2, 0) is 30.3 Å². The van der Waals surface area contributed by atoms with Crippen molar-refractivity contribution in [2.75, 3.05) is 12.3 Å². The van der Waals surface area contributed by atoms with Gasteiger partial charge in [-0.3, -0.25) is 28.0 Å². The number of aromatic nitrogens is 4. The molecule has 0 spiro atoms. The molecule has 0 saturated carbocycles. The first-order chi connectivity index (χ1) is 18.2. The molecular formula is C19H26N5O13PS. The maximum atomic E-state index is 12.2. The van der Waals surface area contributed by atoms with E-state index in [0.717, 1.165) is 15.3 Å². The number of nitrogen functional groups attached to an aromatic ring is 1. The van der Waals surface area contributed by atoms with Gasteiger partial charge in [0.1, 0.15) is 36.5 Å². The second kappa shape index (κ2) is 10.9. The fourth-order valence-corrected chi connectivity index (χ4v) is 5.84. The van der Waals surface area contributed by atoms with Gasteiger partial charge in [-0.2, -0.15) is 4.98 Å². The summed E-state index contributed by atoms with van der Waals surface area (Å²) < 4.78 is 22.7. The monoisotopic (exact) mass is 595 g/mol. The molecule has 2 aliphatic rings. The van der Waals surface area contributed by atoms with E-state index < -0.39 is 85.6 Å². The van der Waals surface area contributed by atoms with Gasteiger partial charge in [0.2, 0.25) is 5.79 Å². The van der Waals surface area contributed by atoms with Gasteiger partial charge in [0.25, 0.3) is 5.56 Å². The third kappa shape index (κ3) is 5.89. The van der Waals surface area contributed by atoms with Crippen molar-refractivity contribution < 1.29 is 48.9 Å². The van der Waals surface area contributed by atoms with Crippen LogP contribution >= 0.6 is 6.72 Å². The second-order valence-corrected chi connectivity index (χ2v) is 11.6. The maximum absolute atomic E-state index is 12.2. The number of aryl methyl sites for hydroxylation is 1. The van der Waals surface area contributed by atoms with Crippen LogP contribution in [-0.4, -0.2) is 92.6 Å². The van der Waals surface area contributed by atoms with Crippen molar-refractivity contribution in [3.05, 3.63) is 55.3 Å². The summed E-state index contributed by atoms with van der Waals surface area (Å²) >= 11 is 4.88. The minimum Gasteiger partial charge on any atom is -0.393 e. The van der Waals surface area contributed by atoms with Crippen LogP contribution in [0.15, 0.2) is 32.8 Å². The number of nitrogens with one attached hydrogen (secondary N) is 1. The first-order valence-electron chi connectivity index (χ1n) is 11.2. The highest BCUT2D eigenvalue weighted by Crippen LogP contribution is 2.53. The zero-order valence-electron chi connectivity index (χ0n) is 20.0. The molecule has 9 N–H and O–H groups in total. The average Bonchev–Trinajstić information content (AvgIpc) is 3.31. The quantitative estimate of drug-likeness (QED) is 0.106. The Morgan fingerprint density at radius 1 is 1.31 bits per heavy atom. The number of anilines is 1. The van der Waals surface area contributed by atoms with Gasteiger partial charge in [-0.1, -0.05) is 0 Å². The number of aliphatic hydroxyl groups excluding tert-OH is 4. The third-order valence-electron chi connectivity index (χ3n) is 6.11. The molecule has 5 unspecified atom stereocenters. The summed E-state index contributed by atoms with van der Waals surface area (Å²) in [4.78, 5) is 52.1. The highest BCUT2D eigenvalue weighted by atomic mass is 32.5. The van der Waals surface area contributed by atoms with Gasteiger partial charge in [-0.15, -0.1) is 0 Å². The van der Waals surface area contributed by atoms with E-state index in [2.05, 4.69) is 4.98 Å². The predicted octanol–water partition coefficient (Wildman–Crippen LogP) is -4.16. The van der Waals surface area contributed by atoms with E-state index in [1.165, 1.54) is 19.2 Å². The number of rotatable bonds is 8. The van der Waals surface area contributed by atoms with E-state index in [9.17, 15) is 44.8 Å². The summed E-state index contributed by atoms with van der Waals surface area (Å²) in [5.41, 5.74) is 3.04. The summed E-state index contributed by atoms with van der Waals surface area (Å²) in [5, 5.41) is 52.0. The molecule has 4 rings (SSSR count). The van der Waals surface area contributed by atoms with E-state index in [0.29, 0.717) is 0 Å². The Morgan fingerprint density at radius 3 is 2.64 bits per heavy atom. The molecule has 4 heterocycles. The van der Waals surface area contributed by atoms with Crippen LogP contribution in [0, 0.1) is 6.92 Å². The van der Waals surface area contributed by atoms with Crippen molar-refractivity contribution in [1.29, 1.82) is 0 Å². The first-order valence-corrected chi connectivity index (χ1v) is 13.8. The van der Waals surface area contributed by atoms with Gasteiger partial charge in [0, 0.05) is 18.0 Å². The molecule has 9 atom stereocenters. The van der Waals surface area contributed by atoms with Crippen LogP contribution < -0.4 is 22.7 Å². The van der Waals surface area contributed by atoms with E-state index in [1.54, 1.807) is 0 Å². The molecule has 0 aliphatic carbocycles. The largest absolute Gasteiger partial charge is 0.393 e. The summed E-state index contributed by atoms with van der Waals surface area (Å²) in [6.45, 7) is -4.11. The number of hydrogen-bond acceptors (Lipinski definition) is 15. The highest BCUT2D eigenvalue weighted by molar-refractivity contribution is 8.07. The summed E-state index contributed by atoms with van der Waals surface area (Å²) in [5.74, 6) is -2.60. The molecule has 0 radical (unpaired) electrons. The second-order valence-electron chi connectivity index (χ2n) is 8.86. The van der Waals surface area contributed by atoms with Crippen LogP contribution in [0.2, 0.25) is 0 Å². The summed E-state index contributed by atoms with van der Waals surface area (Å²) in [6, 6.07) is 1.28. The van der Waals surface area contributed by atoms with Crippen molar-refractivity contribution in [2.24, 2.45) is 0 Å². The minimum atomic E-state index is -4.64. The molecule has 2 saturated heterocycles. The SMILES string of the molecule is Cc1cn([C@@H]2O[C@H](C(O)OP(O)(=S)OC3(O)C[C@H](n4ccc(N)nc4=O)O[C@@H]3CO)C(O)C2O)c(=O)[nH]c1=O. The van der Waals surface area contributed by atoms with Gasteiger partial charge >= 0.3 is 18.1 Å². The van der Waals surface area contributed by atoms with E-state index in [-0.39, 0.29) is 11.4 Å². The van der Waals surface area contributed by atoms with E-state index in [1.807, 2.05) is 4.98 Å². The lowest BCUT2D eigenvalue weighted by atomic mass is 10.1. The molecule has 2 fully saturated rings. The lowest BCUT2D eigenvalue weighted by molar-refractivity contribution is -0.203.